The Hall–Kier alpha value is -2.33. The maximum Gasteiger partial charge on any atom is 0.253 e. The van der Waals surface area contributed by atoms with Crippen LogP contribution < -0.4 is 15.4 Å². The van der Waals surface area contributed by atoms with E-state index in [-0.39, 0.29) is 35.9 Å². The standard InChI is InChI=1S/C25H35N5O2.HI/c1-26-25(27-17-19-7-9-21(10-8-19)24(31)29(2)3)28-18-23(30-15-5-6-16-30)20-11-13-22(32-4)14-12-20;/h7-14,23H,5-6,15-18H2,1-4H3,(H2,26,27,28);1H. The van der Waals surface area contributed by atoms with Crippen molar-refractivity contribution in [2.75, 3.05) is 47.9 Å². The van der Waals surface area contributed by atoms with Gasteiger partial charge in [0.15, 0.2) is 5.96 Å². The maximum atomic E-state index is 12.0. The molecule has 0 aromatic heterocycles. The van der Waals surface area contributed by atoms with Crippen LogP contribution in [0.2, 0.25) is 0 Å². The van der Waals surface area contributed by atoms with Crippen LogP contribution in [0.1, 0.15) is 40.4 Å². The number of aliphatic imine (C=N–C) groups is 1. The molecule has 8 heteroatoms. The van der Waals surface area contributed by atoms with Gasteiger partial charge in [-0.3, -0.25) is 14.7 Å². The highest BCUT2D eigenvalue weighted by molar-refractivity contribution is 14.0. The molecule has 1 saturated heterocycles. The van der Waals surface area contributed by atoms with Gasteiger partial charge in [-0.15, -0.1) is 24.0 Å². The molecule has 0 saturated carbocycles. The van der Waals surface area contributed by atoms with Gasteiger partial charge in [0.2, 0.25) is 0 Å². The molecular formula is C25H36IN5O2. The van der Waals surface area contributed by atoms with Crippen LogP contribution in [0.15, 0.2) is 53.5 Å². The van der Waals surface area contributed by atoms with E-state index in [0.717, 1.165) is 36.9 Å². The third kappa shape index (κ3) is 7.60. The van der Waals surface area contributed by atoms with Crippen LogP contribution in [0.5, 0.6) is 5.75 Å². The molecule has 1 amide bonds. The lowest BCUT2D eigenvalue weighted by molar-refractivity contribution is 0.0827. The van der Waals surface area contributed by atoms with Crippen molar-refractivity contribution in [2.45, 2.75) is 25.4 Å². The second-order valence-electron chi connectivity index (χ2n) is 8.24. The van der Waals surface area contributed by atoms with Gasteiger partial charge >= 0.3 is 0 Å². The van der Waals surface area contributed by atoms with E-state index in [0.29, 0.717) is 12.1 Å². The van der Waals surface area contributed by atoms with E-state index in [1.165, 1.54) is 18.4 Å². The second kappa shape index (κ2) is 13.4. The molecule has 1 fully saturated rings. The summed E-state index contributed by atoms with van der Waals surface area (Å²) in [5, 5.41) is 6.87. The summed E-state index contributed by atoms with van der Waals surface area (Å²) in [5.41, 5.74) is 3.06. The number of carbonyl (C=O) groups is 1. The minimum Gasteiger partial charge on any atom is -0.497 e. The Morgan fingerprint density at radius 3 is 2.24 bits per heavy atom. The molecular weight excluding hydrogens is 529 g/mol. The normalized spacial score (nSPS) is 14.8. The van der Waals surface area contributed by atoms with E-state index in [9.17, 15) is 4.79 Å². The molecule has 0 aliphatic carbocycles. The Morgan fingerprint density at radius 1 is 1.06 bits per heavy atom. The molecule has 180 valence electrons. The number of hydrogen-bond donors (Lipinski definition) is 2. The van der Waals surface area contributed by atoms with Crippen molar-refractivity contribution >= 4 is 35.8 Å². The van der Waals surface area contributed by atoms with Crippen LogP contribution in [0.3, 0.4) is 0 Å². The molecule has 7 nitrogen and oxygen atoms in total. The highest BCUT2D eigenvalue weighted by atomic mass is 127. The molecule has 2 aromatic rings. The lowest BCUT2D eigenvalue weighted by atomic mass is 10.1. The Balaban J connectivity index is 0.00000385. The fourth-order valence-corrected chi connectivity index (χ4v) is 3.96. The molecule has 33 heavy (non-hydrogen) atoms. The minimum atomic E-state index is 0. The summed E-state index contributed by atoms with van der Waals surface area (Å²) in [6.45, 7) is 3.63. The predicted octanol–water partition coefficient (Wildman–Crippen LogP) is 3.52. The zero-order valence-electron chi connectivity index (χ0n) is 20.0. The Kier molecular flexibility index (Phi) is 10.9. The van der Waals surface area contributed by atoms with Crippen molar-refractivity contribution in [2.24, 2.45) is 4.99 Å². The number of guanidine groups is 1. The Labute approximate surface area is 214 Å². The van der Waals surface area contributed by atoms with E-state index in [1.54, 1.807) is 33.2 Å². The van der Waals surface area contributed by atoms with Gasteiger partial charge in [0, 0.05) is 39.8 Å². The van der Waals surface area contributed by atoms with Crippen molar-refractivity contribution < 1.29 is 9.53 Å². The topological polar surface area (TPSA) is 69.2 Å². The minimum absolute atomic E-state index is 0. The summed E-state index contributed by atoms with van der Waals surface area (Å²) in [5.74, 6) is 1.64. The van der Waals surface area contributed by atoms with Gasteiger partial charge in [-0.2, -0.15) is 0 Å². The third-order valence-corrected chi connectivity index (χ3v) is 5.84. The van der Waals surface area contributed by atoms with E-state index in [1.807, 2.05) is 36.4 Å². The molecule has 0 spiro atoms. The predicted molar refractivity (Wildman–Crippen MR) is 145 cm³/mol. The molecule has 1 unspecified atom stereocenters. The van der Waals surface area contributed by atoms with E-state index < -0.39 is 0 Å². The Morgan fingerprint density at radius 2 is 1.70 bits per heavy atom. The molecule has 1 heterocycles. The maximum absolute atomic E-state index is 12.0. The largest absolute Gasteiger partial charge is 0.497 e. The first-order valence-electron chi connectivity index (χ1n) is 11.1. The number of halogens is 1. The van der Waals surface area contributed by atoms with Gasteiger partial charge in [-0.25, -0.2) is 0 Å². The molecule has 2 N–H and O–H groups in total. The molecule has 2 aromatic carbocycles. The number of carbonyl (C=O) groups excluding carboxylic acids is 1. The van der Waals surface area contributed by atoms with Gasteiger partial charge in [-0.1, -0.05) is 24.3 Å². The van der Waals surface area contributed by atoms with Crippen molar-refractivity contribution in [3.8, 4) is 5.75 Å². The van der Waals surface area contributed by atoms with Crippen LogP contribution >= 0.6 is 24.0 Å². The summed E-state index contributed by atoms with van der Waals surface area (Å²) in [7, 11) is 6.99. The van der Waals surface area contributed by atoms with Crippen LogP contribution in [0.25, 0.3) is 0 Å². The van der Waals surface area contributed by atoms with Gasteiger partial charge in [-0.05, 0) is 61.3 Å². The number of amides is 1. The average Bonchev–Trinajstić information content (AvgIpc) is 3.36. The molecule has 1 atom stereocenters. The van der Waals surface area contributed by atoms with E-state index in [2.05, 4.69) is 32.7 Å². The number of nitrogens with zero attached hydrogens (tertiary/aromatic N) is 3. The molecule has 0 radical (unpaired) electrons. The number of ether oxygens (including phenoxy) is 1. The van der Waals surface area contributed by atoms with Gasteiger partial charge in [0.05, 0.1) is 13.2 Å². The van der Waals surface area contributed by atoms with Crippen molar-refractivity contribution in [3.05, 3.63) is 65.2 Å². The van der Waals surface area contributed by atoms with Crippen molar-refractivity contribution in [3.63, 3.8) is 0 Å². The summed E-state index contributed by atoms with van der Waals surface area (Å²) in [4.78, 5) is 20.5. The quantitative estimate of drug-likeness (QED) is 0.292. The monoisotopic (exact) mass is 565 g/mol. The first kappa shape index (κ1) is 26.9. The molecule has 1 aliphatic rings. The fourth-order valence-electron chi connectivity index (χ4n) is 3.96. The average molecular weight is 566 g/mol. The number of benzene rings is 2. The molecule has 1 aliphatic heterocycles. The van der Waals surface area contributed by atoms with Gasteiger partial charge in [0.1, 0.15) is 5.75 Å². The number of methoxy groups -OCH3 is 1. The lowest BCUT2D eigenvalue weighted by Gasteiger charge is -2.29. The third-order valence-electron chi connectivity index (χ3n) is 5.84. The number of hydrogen-bond acceptors (Lipinski definition) is 4. The lowest BCUT2D eigenvalue weighted by Crippen LogP contribution is -2.42. The SMILES string of the molecule is CN=C(NCc1ccc(C(=O)N(C)C)cc1)NCC(c1ccc(OC)cc1)N1CCCC1.I. The summed E-state index contributed by atoms with van der Waals surface area (Å²) in [6.07, 6.45) is 2.48. The number of likely N-dealkylation sites (tertiary alicyclic amines) is 1. The van der Waals surface area contributed by atoms with Crippen molar-refractivity contribution in [1.29, 1.82) is 0 Å². The van der Waals surface area contributed by atoms with Crippen LogP contribution in [0.4, 0.5) is 0 Å². The highest BCUT2D eigenvalue weighted by Crippen LogP contribution is 2.26. The summed E-state index contributed by atoms with van der Waals surface area (Å²) in [6, 6.07) is 16.3. The van der Waals surface area contributed by atoms with Crippen LogP contribution in [0, 0.1) is 0 Å². The fraction of sp³-hybridized carbons (Fsp3) is 0.440. The zero-order valence-corrected chi connectivity index (χ0v) is 22.3. The smallest absolute Gasteiger partial charge is 0.253 e. The van der Waals surface area contributed by atoms with Gasteiger partial charge < -0.3 is 20.3 Å². The number of rotatable bonds is 8. The van der Waals surface area contributed by atoms with Crippen LogP contribution in [-0.4, -0.2) is 69.6 Å². The first-order valence-corrected chi connectivity index (χ1v) is 11.1. The van der Waals surface area contributed by atoms with Crippen molar-refractivity contribution in [1.82, 2.24) is 20.4 Å². The molecule has 3 rings (SSSR count). The van der Waals surface area contributed by atoms with E-state index >= 15 is 0 Å². The Bertz CT molecular complexity index is 894. The summed E-state index contributed by atoms with van der Waals surface area (Å²) < 4.78 is 5.32. The van der Waals surface area contributed by atoms with Gasteiger partial charge in [0.25, 0.3) is 5.91 Å². The highest BCUT2D eigenvalue weighted by Gasteiger charge is 2.23. The number of nitrogens with one attached hydrogen (secondary N) is 2. The summed E-state index contributed by atoms with van der Waals surface area (Å²) >= 11 is 0. The molecule has 0 bridgehead atoms. The second-order valence-corrected chi connectivity index (χ2v) is 8.24. The van der Waals surface area contributed by atoms with E-state index in [4.69, 9.17) is 4.74 Å². The first-order chi connectivity index (χ1) is 15.5. The zero-order chi connectivity index (χ0) is 22.9. The van der Waals surface area contributed by atoms with Crippen LogP contribution in [-0.2, 0) is 6.54 Å².